The smallest absolute Gasteiger partial charge is 0.293 e. The number of amides is 1. The Labute approximate surface area is 149 Å². The number of aromatic nitrogens is 2. The van der Waals surface area contributed by atoms with E-state index < -0.39 is 10.5 Å². The minimum atomic E-state index is -0.486. The number of hydrogen-bond acceptors (Lipinski definition) is 6. The van der Waals surface area contributed by atoms with E-state index in [1.165, 1.54) is 12.4 Å². The summed E-state index contributed by atoms with van der Waals surface area (Å²) in [4.78, 5) is 43.2. The topological polar surface area (TPSA) is 121 Å². The molecule has 3 rings (SSSR count). The molecule has 1 atom stereocenters. The molecule has 0 aliphatic carbocycles. The fraction of sp³-hybridized carbons (Fsp3) is 0.471. The fourth-order valence-electron chi connectivity index (χ4n) is 3.33. The molecule has 1 aliphatic rings. The molecule has 2 heterocycles. The Morgan fingerprint density at radius 2 is 2.31 bits per heavy atom. The van der Waals surface area contributed by atoms with Crippen LogP contribution in [0, 0.1) is 10.1 Å². The number of nitro groups is 1. The zero-order valence-corrected chi connectivity index (χ0v) is 14.5. The molecule has 0 radical (unpaired) electrons. The van der Waals surface area contributed by atoms with Gasteiger partial charge in [-0.3, -0.25) is 19.7 Å². The van der Waals surface area contributed by atoms with Crippen molar-refractivity contribution in [3.8, 4) is 0 Å². The lowest BCUT2D eigenvalue weighted by molar-refractivity contribution is -0.384. The number of H-pyrrole nitrogens is 1. The summed E-state index contributed by atoms with van der Waals surface area (Å²) >= 11 is 0. The van der Waals surface area contributed by atoms with Crippen molar-refractivity contribution in [2.45, 2.75) is 38.6 Å². The molecular weight excluding hydrogens is 338 g/mol. The first kappa shape index (κ1) is 17.8. The number of nitrogens with one attached hydrogen (secondary N) is 2. The van der Waals surface area contributed by atoms with E-state index in [2.05, 4.69) is 15.3 Å². The zero-order valence-electron chi connectivity index (χ0n) is 14.5. The van der Waals surface area contributed by atoms with Crippen molar-refractivity contribution in [1.82, 2.24) is 15.3 Å². The number of carbonyl (C=O) groups is 1. The highest BCUT2D eigenvalue weighted by Crippen LogP contribution is 2.33. The van der Waals surface area contributed by atoms with Crippen LogP contribution >= 0.6 is 0 Å². The summed E-state index contributed by atoms with van der Waals surface area (Å²) in [6, 6.07) is 2.81. The summed E-state index contributed by atoms with van der Waals surface area (Å²) in [5, 5.41) is 14.7. The largest absolute Gasteiger partial charge is 0.364 e. The first-order valence-electron chi connectivity index (χ1n) is 8.69. The Morgan fingerprint density at radius 3 is 3.04 bits per heavy atom. The van der Waals surface area contributed by atoms with Crippen molar-refractivity contribution in [3.05, 3.63) is 38.9 Å². The van der Waals surface area contributed by atoms with Crippen LogP contribution in [-0.4, -0.2) is 39.9 Å². The van der Waals surface area contributed by atoms with Gasteiger partial charge >= 0.3 is 0 Å². The van der Waals surface area contributed by atoms with Gasteiger partial charge in [0.05, 0.1) is 22.2 Å². The molecular formula is C17H21N5O4. The molecule has 1 aromatic carbocycles. The van der Waals surface area contributed by atoms with Crippen LogP contribution in [0.4, 0.5) is 11.4 Å². The average molecular weight is 359 g/mol. The SMILES string of the molecule is CCCC(=O)NC1CCCN(c2cc3nc[nH]c(=O)c3cc2[N+](=O)[O-])C1. The molecule has 1 aromatic heterocycles. The van der Waals surface area contributed by atoms with Gasteiger partial charge in [-0.25, -0.2) is 4.98 Å². The quantitative estimate of drug-likeness (QED) is 0.619. The predicted molar refractivity (Wildman–Crippen MR) is 97.3 cm³/mol. The fourth-order valence-corrected chi connectivity index (χ4v) is 3.33. The second-order valence-electron chi connectivity index (χ2n) is 6.45. The molecule has 2 aromatic rings. The molecule has 1 amide bonds. The predicted octanol–water partition coefficient (Wildman–Crippen LogP) is 1.72. The van der Waals surface area contributed by atoms with Gasteiger partial charge in [-0.05, 0) is 25.3 Å². The number of nitro benzene ring substituents is 1. The molecule has 1 aliphatic heterocycles. The van der Waals surface area contributed by atoms with Crippen molar-refractivity contribution in [3.63, 3.8) is 0 Å². The lowest BCUT2D eigenvalue weighted by atomic mass is 10.0. The minimum Gasteiger partial charge on any atom is -0.364 e. The lowest BCUT2D eigenvalue weighted by Gasteiger charge is -2.34. The van der Waals surface area contributed by atoms with Crippen molar-refractivity contribution >= 4 is 28.2 Å². The summed E-state index contributed by atoms with van der Waals surface area (Å²) < 4.78 is 0. The molecule has 1 fully saturated rings. The van der Waals surface area contributed by atoms with Crippen LogP contribution in [0.2, 0.25) is 0 Å². The molecule has 9 heteroatoms. The number of aromatic amines is 1. The van der Waals surface area contributed by atoms with E-state index in [4.69, 9.17) is 0 Å². The lowest BCUT2D eigenvalue weighted by Crippen LogP contribution is -2.47. The van der Waals surface area contributed by atoms with Crippen LogP contribution in [0.1, 0.15) is 32.6 Å². The first-order chi connectivity index (χ1) is 12.5. The van der Waals surface area contributed by atoms with E-state index in [1.807, 2.05) is 11.8 Å². The van der Waals surface area contributed by atoms with E-state index in [1.54, 1.807) is 6.07 Å². The number of piperidine rings is 1. The van der Waals surface area contributed by atoms with Crippen molar-refractivity contribution in [1.29, 1.82) is 0 Å². The first-order valence-corrected chi connectivity index (χ1v) is 8.69. The third-order valence-corrected chi connectivity index (χ3v) is 4.54. The zero-order chi connectivity index (χ0) is 18.7. The summed E-state index contributed by atoms with van der Waals surface area (Å²) in [5.74, 6) is 0.000520. The summed E-state index contributed by atoms with van der Waals surface area (Å²) in [5.41, 5.74) is 0.297. The number of hydrogen-bond donors (Lipinski definition) is 2. The molecule has 1 unspecified atom stereocenters. The van der Waals surface area contributed by atoms with Crippen LogP contribution in [0.25, 0.3) is 10.9 Å². The molecule has 9 nitrogen and oxygen atoms in total. The van der Waals surface area contributed by atoms with Crippen LogP contribution in [0.5, 0.6) is 0 Å². The Bertz CT molecular complexity index is 894. The van der Waals surface area contributed by atoms with Gasteiger partial charge in [-0.1, -0.05) is 6.92 Å². The molecule has 0 bridgehead atoms. The van der Waals surface area contributed by atoms with Gasteiger partial charge in [0.15, 0.2) is 0 Å². The van der Waals surface area contributed by atoms with Crippen LogP contribution < -0.4 is 15.8 Å². The normalized spacial score (nSPS) is 17.3. The van der Waals surface area contributed by atoms with Gasteiger partial charge in [0.25, 0.3) is 11.2 Å². The van der Waals surface area contributed by atoms with Gasteiger partial charge < -0.3 is 15.2 Å². The van der Waals surface area contributed by atoms with E-state index in [0.29, 0.717) is 30.7 Å². The highest BCUT2D eigenvalue weighted by atomic mass is 16.6. The molecule has 138 valence electrons. The maximum absolute atomic E-state index is 11.9. The number of anilines is 1. The van der Waals surface area contributed by atoms with Crippen molar-refractivity contribution < 1.29 is 9.72 Å². The molecule has 0 spiro atoms. The minimum absolute atomic E-state index is 0.000520. The number of fused-ring (bicyclic) bond motifs is 1. The summed E-state index contributed by atoms with van der Waals surface area (Å²) in [6.07, 6.45) is 4.18. The third-order valence-electron chi connectivity index (χ3n) is 4.54. The van der Waals surface area contributed by atoms with Gasteiger partial charge in [-0.2, -0.15) is 0 Å². The van der Waals surface area contributed by atoms with E-state index in [-0.39, 0.29) is 23.0 Å². The molecule has 1 saturated heterocycles. The Hall–Kier alpha value is -2.97. The highest BCUT2D eigenvalue weighted by molar-refractivity contribution is 5.87. The van der Waals surface area contributed by atoms with Gasteiger partial charge in [0.2, 0.25) is 5.91 Å². The van der Waals surface area contributed by atoms with E-state index >= 15 is 0 Å². The second kappa shape index (κ2) is 7.51. The summed E-state index contributed by atoms with van der Waals surface area (Å²) in [6.45, 7) is 3.08. The standard InChI is InChI=1S/C17H21N5O4/c1-2-4-16(23)20-11-5-3-6-21(9-11)14-8-13-12(7-15(14)22(25)26)17(24)19-10-18-13/h7-8,10-11H,2-6,9H2,1H3,(H,20,23)(H,18,19,24). The maximum atomic E-state index is 11.9. The Kier molecular flexibility index (Phi) is 5.15. The van der Waals surface area contributed by atoms with Crippen LogP contribution in [-0.2, 0) is 4.79 Å². The van der Waals surface area contributed by atoms with Gasteiger partial charge in [0, 0.05) is 31.6 Å². The average Bonchev–Trinajstić information content (AvgIpc) is 2.61. The van der Waals surface area contributed by atoms with Gasteiger partial charge in [0.1, 0.15) is 5.69 Å². The van der Waals surface area contributed by atoms with Crippen LogP contribution in [0.3, 0.4) is 0 Å². The number of benzene rings is 1. The molecule has 0 saturated carbocycles. The van der Waals surface area contributed by atoms with E-state index in [0.717, 1.165) is 19.3 Å². The molecule has 26 heavy (non-hydrogen) atoms. The third kappa shape index (κ3) is 3.66. The summed E-state index contributed by atoms with van der Waals surface area (Å²) in [7, 11) is 0. The van der Waals surface area contributed by atoms with Crippen molar-refractivity contribution in [2.24, 2.45) is 0 Å². The Balaban J connectivity index is 1.93. The Morgan fingerprint density at radius 1 is 1.50 bits per heavy atom. The van der Waals surface area contributed by atoms with Crippen molar-refractivity contribution in [2.75, 3.05) is 18.0 Å². The monoisotopic (exact) mass is 359 g/mol. The maximum Gasteiger partial charge on any atom is 0.293 e. The molecule has 2 N–H and O–H groups in total. The highest BCUT2D eigenvalue weighted by Gasteiger charge is 2.27. The van der Waals surface area contributed by atoms with E-state index in [9.17, 15) is 19.7 Å². The number of rotatable bonds is 5. The van der Waals surface area contributed by atoms with Gasteiger partial charge in [-0.15, -0.1) is 0 Å². The number of nitrogens with zero attached hydrogens (tertiary/aromatic N) is 3. The second-order valence-corrected chi connectivity index (χ2v) is 6.45. The van der Waals surface area contributed by atoms with Crippen LogP contribution in [0.15, 0.2) is 23.3 Å². The number of carbonyl (C=O) groups excluding carboxylic acids is 1.